The molecule has 2 heterocycles. The van der Waals surface area contributed by atoms with Crippen LogP contribution < -0.4 is 20.7 Å². The van der Waals surface area contributed by atoms with Gasteiger partial charge in [-0.15, -0.1) is 0 Å². The first kappa shape index (κ1) is 40.5. The Morgan fingerprint density at radius 3 is 1.29 bits per heavy atom. The van der Waals surface area contributed by atoms with Crippen molar-refractivity contribution in [2.45, 2.75) is 0 Å². The van der Waals surface area contributed by atoms with Crippen LogP contribution in [0.25, 0.3) is 93.9 Å². The van der Waals surface area contributed by atoms with Crippen LogP contribution in [0, 0.1) is 0 Å². The van der Waals surface area contributed by atoms with E-state index in [-0.39, 0.29) is 0 Å². The molecule has 0 N–H and O–H groups in total. The molecule has 0 unspecified atom stereocenters. The van der Waals surface area contributed by atoms with E-state index in [1.165, 1.54) is 59.3 Å². The van der Waals surface area contributed by atoms with Gasteiger partial charge in [-0.05, 0) is 90.5 Å². The molecule has 13 rings (SSSR count). The van der Waals surface area contributed by atoms with Gasteiger partial charge in [-0.3, -0.25) is 0 Å². The Bertz CT molecular complexity index is 3870. The van der Waals surface area contributed by atoms with Crippen LogP contribution in [0.1, 0.15) is 0 Å². The molecule has 11 aromatic carbocycles. The molecule has 0 bridgehead atoms. The maximum atomic E-state index is 6.24. The topological polar surface area (TPSA) is 18.1 Å². The Morgan fingerprint density at radius 1 is 0.261 bits per heavy atom. The summed E-state index contributed by atoms with van der Waals surface area (Å²) < 4.78 is 8.78. The number of furan rings is 1. The molecular weight excluding hydrogens is 851 g/mol. The highest BCUT2D eigenvalue weighted by molar-refractivity contribution is 7.20. The van der Waals surface area contributed by atoms with E-state index < -0.39 is 8.07 Å². The van der Waals surface area contributed by atoms with Crippen molar-refractivity contribution in [1.29, 1.82) is 0 Å². The minimum atomic E-state index is -3.06. The summed E-state index contributed by atoms with van der Waals surface area (Å²) in [5.74, 6) is 0. The quantitative estimate of drug-likeness (QED) is 0.104. The fourth-order valence-corrected chi connectivity index (χ4v) is 15.8. The lowest BCUT2D eigenvalue weighted by atomic mass is 9.95. The molecule has 0 fully saturated rings. The SMILES string of the molecule is c1ccc(-c2ccc([Si](c3ccccc3)(c3ccccc3)c3cc(-c4ccccc4)c(-n4c5ccccc5c5cc(-c6ccc7oc8ccccc8c7c6)ccc54)c(-c4ccccc4)c3)cc2)cc1. The number of nitrogens with zero attached hydrogens (tertiary/aromatic N) is 1. The largest absolute Gasteiger partial charge is 0.456 e. The summed E-state index contributed by atoms with van der Waals surface area (Å²) >= 11 is 0. The van der Waals surface area contributed by atoms with E-state index in [1.807, 2.05) is 12.1 Å². The Morgan fingerprint density at radius 2 is 0.681 bits per heavy atom. The van der Waals surface area contributed by atoms with E-state index in [9.17, 15) is 0 Å². The summed E-state index contributed by atoms with van der Waals surface area (Å²) in [6.07, 6.45) is 0. The van der Waals surface area contributed by atoms with Crippen molar-refractivity contribution in [3.63, 3.8) is 0 Å². The zero-order valence-electron chi connectivity index (χ0n) is 37.8. The highest BCUT2D eigenvalue weighted by Crippen LogP contribution is 2.43. The normalized spacial score (nSPS) is 11.8. The lowest BCUT2D eigenvalue weighted by Crippen LogP contribution is -2.74. The average Bonchev–Trinajstić information content (AvgIpc) is 3.97. The molecule has 0 spiro atoms. The molecule has 0 aliphatic carbocycles. The van der Waals surface area contributed by atoms with Crippen molar-refractivity contribution in [1.82, 2.24) is 4.57 Å². The first-order chi connectivity index (χ1) is 34.2. The zero-order valence-corrected chi connectivity index (χ0v) is 38.8. The zero-order chi connectivity index (χ0) is 45.7. The Balaban J connectivity index is 1.12. The maximum absolute atomic E-state index is 6.24. The van der Waals surface area contributed by atoms with Gasteiger partial charge in [0.2, 0.25) is 0 Å². The van der Waals surface area contributed by atoms with Crippen LogP contribution in [0.15, 0.2) is 277 Å². The standard InChI is InChI=1S/C66H45NOSi/c1-6-20-46(21-7-1)47-34-38-54(39-35-47)69(52-26-12-4-13-27-52,53-28-14-5-15-29-53)55-44-58(48-22-8-2-9-23-48)66(59(45-55)49-24-10-3-11-25-49)67-62-32-18-16-30-56(62)60-42-50(36-40-63(60)67)51-37-41-65-61(43-51)57-31-17-19-33-64(57)68-65/h1-45H. The van der Waals surface area contributed by atoms with E-state index in [2.05, 4.69) is 265 Å². The first-order valence-corrected chi connectivity index (χ1v) is 25.7. The summed E-state index contributed by atoms with van der Waals surface area (Å²) in [6, 6.07) is 101. The molecular formula is C66H45NOSi. The van der Waals surface area contributed by atoms with Gasteiger partial charge in [0.1, 0.15) is 11.2 Å². The van der Waals surface area contributed by atoms with Gasteiger partial charge in [0.05, 0.1) is 16.7 Å². The van der Waals surface area contributed by atoms with Gasteiger partial charge in [0.25, 0.3) is 0 Å². The van der Waals surface area contributed by atoms with Crippen LogP contribution in [0.4, 0.5) is 0 Å². The predicted molar refractivity (Wildman–Crippen MR) is 293 cm³/mol. The molecule has 0 aliphatic heterocycles. The lowest BCUT2D eigenvalue weighted by Gasteiger charge is -2.36. The van der Waals surface area contributed by atoms with Gasteiger partial charge in [-0.2, -0.15) is 0 Å². The van der Waals surface area contributed by atoms with Crippen LogP contribution in [0.3, 0.4) is 0 Å². The van der Waals surface area contributed by atoms with Gasteiger partial charge in [-0.1, -0.05) is 237 Å². The van der Waals surface area contributed by atoms with Gasteiger partial charge >= 0.3 is 0 Å². The number of benzene rings is 11. The number of hydrogen-bond acceptors (Lipinski definition) is 1. The second-order valence-electron chi connectivity index (χ2n) is 18.0. The second kappa shape index (κ2) is 16.8. The van der Waals surface area contributed by atoms with Crippen molar-refractivity contribution in [3.05, 3.63) is 273 Å². The highest BCUT2D eigenvalue weighted by atomic mass is 28.3. The fourth-order valence-electron chi connectivity index (χ4n) is 11.0. The third-order valence-corrected chi connectivity index (χ3v) is 18.9. The Hall–Kier alpha value is -8.76. The monoisotopic (exact) mass is 895 g/mol. The molecule has 13 aromatic rings. The number of fused-ring (bicyclic) bond motifs is 6. The van der Waals surface area contributed by atoms with Crippen LogP contribution in [0.2, 0.25) is 0 Å². The minimum Gasteiger partial charge on any atom is -0.456 e. The highest BCUT2D eigenvalue weighted by Gasteiger charge is 2.42. The molecule has 0 saturated heterocycles. The second-order valence-corrected chi connectivity index (χ2v) is 21.8. The molecule has 0 aliphatic rings. The van der Waals surface area contributed by atoms with Crippen molar-refractivity contribution in [2.24, 2.45) is 0 Å². The number of aromatic nitrogens is 1. The third kappa shape index (κ3) is 6.78. The Kier molecular flexibility index (Phi) is 9.88. The summed E-state index contributed by atoms with van der Waals surface area (Å²) in [5, 5.41) is 9.99. The number of hydrogen-bond donors (Lipinski definition) is 0. The fraction of sp³-hybridized carbons (Fsp3) is 0. The van der Waals surface area contributed by atoms with Crippen molar-refractivity contribution in [3.8, 4) is 50.2 Å². The molecule has 3 heteroatoms. The number of rotatable bonds is 9. The Labute approximate surface area is 402 Å². The maximum Gasteiger partial charge on any atom is 0.179 e. The predicted octanol–water partition coefficient (Wildman–Crippen LogP) is 14.7. The van der Waals surface area contributed by atoms with E-state index >= 15 is 0 Å². The van der Waals surface area contributed by atoms with Gasteiger partial charge in [-0.25, -0.2) is 0 Å². The summed E-state index contributed by atoms with van der Waals surface area (Å²) in [6.45, 7) is 0. The molecule has 2 aromatic heterocycles. The molecule has 2 nitrogen and oxygen atoms in total. The van der Waals surface area contributed by atoms with Crippen molar-refractivity contribution >= 4 is 72.6 Å². The third-order valence-electron chi connectivity index (χ3n) is 14.2. The van der Waals surface area contributed by atoms with Crippen LogP contribution >= 0.6 is 0 Å². The smallest absolute Gasteiger partial charge is 0.179 e. The van der Waals surface area contributed by atoms with E-state index in [4.69, 9.17) is 4.42 Å². The van der Waals surface area contributed by atoms with Crippen molar-refractivity contribution in [2.75, 3.05) is 0 Å². The van der Waals surface area contributed by atoms with Crippen LogP contribution in [-0.2, 0) is 0 Å². The van der Waals surface area contributed by atoms with E-state index in [0.29, 0.717) is 0 Å². The lowest BCUT2D eigenvalue weighted by molar-refractivity contribution is 0.669. The molecule has 324 valence electrons. The summed E-state index contributed by atoms with van der Waals surface area (Å²) in [5.41, 5.74) is 14.7. The minimum absolute atomic E-state index is 0.902. The van der Waals surface area contributed by atoms with Crippen LogP contribution in [0.5, 0.6) is 0 Å². The molecule has 69 heavy (non-hydrogen) atoms. The summed E-state index contributed by atoms with van der Waals surface area (Å²) in [4.78, 5) is 0. The van der Waals surface area contributed by atoms with Gasteiger partial charge in [0.15, 0.2) is 8.07 Å². The molecule has 0 atom stereocenters. The summed E-state index contributed by atoms with van der Waals surface area (Å²) in [7, 11) is -3.06. The number of para-hydroxylation sites is 2. The van der Waals surface area contributed by atoms with E-state index in [1.54, 1.807) is 0 Å². The van der Waals surface area contributed by atoms with Gasteiger partial charge < -0.3 is 8.98 Å². The first-order valence-electron chi connectivity index (χ1n) is 23.7. The molecule has 0 saturated carbocycles. The molecule has 0 radical (unpaired) electrons. The van der Waals surface area contributed by atoms with Crippen LogP contribution in [-0.4, -0.2) is 12.6 Å². The average molecular weight is 896 g/mol. The molecule has 0 amide bonds. The van der Waals surface area contributed by atoms with Crippen molar-refractivity contribution < 1.29 is 4.42 Å². The van der Waals surface area contributed by atoms with E-state index in [0.717, 1.165) is 55.3 Å². The van der Waals surface area contributed by atoms with Gasteiger partial charge in [0, 0.05) is 32.7 Å².